The molecule has 24 heteroatoms. The van der Waals surface area contributed by atoms with Crippen LogP contribution in [0.1, 0.15) is 0 Å². The van der Waals surface area contributed by atoms with Crippen LogP contribution in [-0.4, -0.2) is 86.0 Å². The molecule has 0 aliphatic carbocycles. The summed E-state index contributed by atoms with van der Waals surface area (Å²) in [7, 11) is -18.8. The minimum absolute atomic E-state index is 0. The van der Waals surface area contributed by atoms with Crippen LogP contribution >= 0.6 is 11.6 Å². The van der Waals surface area contributed by atoms with Gasteiger partial charge >= 0.3 is 91.3 Å². The maximum Gasteiger partial charge on any atom is 1.00 e. The van der Waals surface area contributed by atoms with Crippen LogP contribution in [0, 0.1) is 0 Å². The number of halogens is 1. The molecular weight excluding hydrogens is 708 g/mol. The van der Waals surface area contributed by atoms with Crippen molar-refractivity contribution in [2.24, 2.45) is 10.2 Å². The zero-order valence-electron chi connectivity index (χ0n) is 21.9. The van der Waals surface area contributed by atoms with Crippen LogP contribution in [0.15, 0.2) is 57.6 Å². The molecule has 0 bridgehead atoms. The SMILES string of the molecule is O=S(=O)([O-])OCCN(CCOS(=O)(=O)[O-])c1ccc(N=Nc2ccc(S(=O)(=O)CCOS(=O)(=O)O)c(Cl)c2)cc1.[K+].[Na+]. The molecule has 42 heavy (non-hydrogen) atoms. The van der Waals surface area contributed by atoms with Crippen molar-refractivity contribution in [3.63, 3.8) is 0 Å². The van der Waals surface area contributed by atoms with Gasteiger partial charge in [0.2, 0.25) is 20.8 Å². The molecule has 0 saturated heterocycles. The summed E-state index contributed by atoms with van der Waals surface area (Å²) in [5, 5.41) is 7.67. The van der Waals surface area contributed by atoms with Crippen LogP contribution in [0.2, 0.25) is 5.02 Å². The first-order valence-corrected chi connectivity index (χ1v) is 16.5. The molecule has 0 atom stereocenters. The molecule has 224 valence electrons. The van der Waals surface area contributed by atoms with Gasteiger partial charge in [-0.3, -0.25) is 12.9 Å². The Balaban J connectivity index is 0.00000840. The maximum atomic E-state index is 12.3. The Morgan fingerprint density at radius 2 is 1.24 bits per heavy atom. The number of azo groups is 1. The molecule has 0 aliphatic rings. The summed E-state index contributed by atoms with van der Waals surface area (Å²) in [6.45, 7) is -2.36. The van der Waals surface area contributed by atoms with Crippen LogP contribution in [0.5, 0.6) is 0 Å². The molecule has 0 unspecified atom stereocenters. The summed E-state index contributed by atoms with van der Waals surface area (Å²) in [4.78, 5) is 1.04. The molecule has 0 amide bonds. The normalized spacial score (nSPS) is 12.5. The van der Waals surface area contributed by atoms with E-state index < -0.39 is 66.6 Å². The first kappa shape index (κ1) is 42.3. The number of hydrogen-bond acceptors (Lipinski definition) is 16. The van der Waals surface area contributed by atoms with E-state index in [2.05, 4.69) is 22.8 Å². The van der Waals surface area contributed by atoms with Crippen molar-refractivity contribution in [3.8, 4) is 0 Å². The van der Waals surface area contributed by atoms with E-state index in [1.165, 1.54) is 41.3 Å². The van der Waals surface area contributed by atoms with Gasteiger partial charge in [-0.25, -0.2) is 29.4 Å². The number of hydrogen-bond donors (Lipinski definition) is 1. The Hall–Kier alpha value is 0.326. The fourth-order valence-corrected chi connectivity index (χ4v) is 5.52. The Morgan fingerprint density at radius 1 is 0.762 bits per heavy atom. The van der Waals surface area contributed by atoms with Crippen LogP contribution in [0.25, 0.3) is 0 Å². The second-order valence-electron chi connectivity index (χ2n) is 7.35. The Morgan fingerprint density at radius 3 is 1.69 bits per heavy atom. The van der Waals surface area contributed by atoms with E-state index >= 15 is 0 Å². The van der Waals surface area contributed by atoms with E-state index in [1.807, 2.05) is 0 Å². The van der Waals surface area contributed by atoms with Gasteiger partial charge in [-0.15, -0.1) is 0 Å². The van der Waals surface area contributed by atoms with Gasteiger partial charge < -0.3 is 14.0 Å². The first-order valence-electron chi connectivity index (χ1n) is 10.5. The minimum Gasteiger partial charge on any atom is -0.726 e. The van der Waals surface area contributed by atoms with Crippen LogP contribution in [0.3, 0.4) is 0 Å². The van der Waals surface area contributed by atoms with Gasteiger partial charge in [0.15, 0.2) is 9.84 Å². The van der Waals surface area contributed by atoms with Crippen molar-refractivity contribution in [2.75, 3.05) is 43.6 Å². The van der Waals surface area contributed by atoms with Gasteiger partial charge in [0, 0.05) is 18.8 Å². The van der Waals surface area contributed by atoms with E-state index in [-0.39, 0.29) is 115 Å². The van der Waals surface area contributed by atoms with Crippen molar-refractivity contribution >= 4 is 69.7 Å². The van der Waals surface area contributed by atoms with Crippen molar-refractivity contribution in [3.05, 3.63) is 47.5 Å². The third-order valence-electron chi connectivity index (χ3n) is 4.51. The largest absolute Gasteiger partial charge is 1.00 e. The number of sulfone groups is 1. The van der Waals surface area contributed by atoms with Gasteiger partial charge in [0.25, 0.3) is 0 Å². The summed E-state index contributed by atoms with van der Waals surface area (Å²) < 4.78 is 131. The standard InChI is InChI=1S/C18H22ClN3O14S4.K.Na/c19-17-13-15(3-6-18(17)37(23,24)12-11-36-40(31,32)33)21-20-14-1-4-16(5-2-14)22(7-9-34-38(25,26)27)8-10-35-39(28,29)30;;/h1-6,13H,7-12H2,(H,25,26,27)(H,28,29,30)(H,31,32,33);;/q;2*+1/p-2. The monoisotopic (exact) mass is 727 g/mol. The van der Waals surface area contributed by atoms with E-state index in [9.17, 15) is 42.8 Å². The van der Waals surface area contributed by atoms with Crippen molar-refractivity contribution < 1.29 is 141 Å². The zero-order valence-corrected chi connectivity index (χ0v) is 31.0. The number of benzene rings is 2. The fraction of sp³-hybridized carbons (Fsp3) is 0.333. The summed E-state index contributed by atoms with van der Waals surface area (Å²) in [5.41, 5.74) is 0.819. The molecule has 0 aromatic heterocycles. The Labute approximate surface area is 312 Å². The quantitative estimate of drug-likeness (QED) is 0.0736. The summed E-state index contributed by atoms with van der Waals surface area (Å²) in [6.07, 6.45) is 0. The molecule has 0 spiro atoms. The van der Waals surface area contributed by atoms with Crippen LogP contribution in [-0.2, 0) is 53.6 Å². The second-order valence-corrected chi connectivity index (χ2v) is 13.0. The van der Waals surface area contributed by atoms with Gasteiger partial charge in [0.1, 0.15) is 0 Å². The van der Waals surface area contributed by atoms with Crippen LogP contribution < -0.4 is 85.8 Å². The molecule has 2 aromatic carbocycles. The van der Waals surface area contributed by atoms with Crippen molar-refractivity contribution in [1.82, 2.24) is 0 Å². The molecule has 2 rings (SSSR count). The third-order valence-corrected chi connectivity index (χ3v) is 8.04. The topological polar surface area (TPSA) is 259 Å². The molecule has 0 aliphatic heterocycles. The molecule has 0 fully saturated rings. The number of nitrogens with zero attached hydrogens (tertiary/aromatic N) is 3. The number of rotatable bonds is 16. The van der Waals surface area contributed by atoms with Gasteiger partial charge in [-0.2, -0.15) is 18.6 Å². The van der Waals surface area contributed by atoms with Gasteiger partial charge in [0.05, 0.1) is 46.9 Å². The smallest absolute Gasteiger partial charge is 0.726 e. The minimum atomic E-state index is -4.97. The summed E-state index contributed by atoms with van der Waals surface area (Å²) >= 11 is 6.03. The van der Waals surface area contributed by atoms with Gasteiger partial charge in [-0.1, -0.05) is 11.6 Å². The van der Waals surface area contributed by atoms with E-state index in [0.717, 1.165) is 6.07 Å². The maximum absolute atomic E-state index is 12.3. The molecule has 1 N–H and O–H groups in total. The molecular formula is C18H20ClKN3NaO14S4. The van der Waals surface area contributed by atoms with E-state index in [1.54, 1.807) is 0 Å². The average molecular weight is 728 g/mol. The molecule has 0 saturated carbocycles. The molecule has 2 aromatic rings. The predicted molar refractivity (Wildman–Crippen MR) is 135 cm³/mol. The molecule has 17 nitrogen and oxygen atoms in total. The van der Waals surface area contributed by atoms with Crippen molar-refractivity contribution in [1.29, 1.82) is 0 Å². The zero-order chi connectivity index (χ0) is 30.2. The van der Waals surface area contributed by atoms with E-state index in [4.69, 9.17) is 16.2 Å². The Bertz CT molecular complexity index is 1600. The van der Waals surface area contributed by atoms with E-state index in [0.29, 0.717) is 5.69 Å². The third kappa shape index (κ3) is 17.1. The first-order chi connectivity index (χ1) is 18.3. The second kappa shape index (κ2) is 18.5. The van der Waals surface area contributed by atoms with Crippen molar-refractivity contribution in [2.45, 2.75) is 4.90 Å². The summed E-state index contributed by atoms with van der Waals surface area (Å²) in [6, 6.07) is 9.44. The molecule has 0 radical (unpaired) electrons. The predicted octanol–water partition coefficient (Wildman–Crippen LogP) is -4.88. The number of anilines is 1. The van der Waals surface area contributed by atoms with Crippen LogP contribution in [0.4, 0.5) is 17.1 Å². The Kier molecular flexibility index (Phi) is 18.6. The average Bonchev–Trinajstić information content (AvgIpc) is 2.79. The van der Waals surface area contributed by atoms with Gasteiger partial charge in [-0.05, 0) is 42.5 Å². The summed E-state index contributed by atoms with van der Waals surface area (Å²) in [5.74, 6) is -0.783. The fourth-order valence-electron chi connectivity index (χ4n) is 2.88. The molecule has 0 heterocycles.